The summed E-state index contributed by atoms with van der Waals surface area (Å²) >= 11 is 1.42. The summed E-state index contributed by atoms with van der Waals surface area (Å²) in [6.45, 7) is 2.47. The zero-order chi connectivity index (χ0) is 10.8. The number of nitrogens with zero attached hydrogens (tertiary/aromatic N) is 1. The first-order chi connectivity index (χ1) is 7.20. The molecule has 1 aromatic heterocycles. The number of carbonyl (C=O) groups is 1. The minimum atomic E-state index is -0.0423. The average molecular weight is 226 g/mol. The Bertz CT molecular complexity index is 375. The van der Waals surface area contributed by atoms with Crippen LogP contribution in [-0.4, -0.2) is 38.1 Å². The average Bonchev–Trinajstić information content (AvgIpc) is 2.53. The lowest BCUT2D eigenvalue weighted by Crippen LogP contribution is -2.20. The minimum absolute atomic E-state index is 0.0423. The van der Waals surface area contributed by atoms with Crippen LogP contribution in [0.15, 0.2) is 6.07 Å². The van der Waals surface area contributed by atoms with Gasteiger partial charge in [-0.2, -0.15) is 0 Å². The molecular weight excluding hydrogens is 212 g/mol. The molecule has 2 heterocycles. The fourth-order valence-electron chi connectivity index (χ4n) is 1.54. The molecule has 0 fully saturated rings. The topological polar surface area (TPSA) is 41.6 Å². The molecule has 2 rings (SSSR count). The summed E-state index contributed by atoms with van der Waals surface area (Å²) in [5.41, 5.74) is 1.11. The smallest absolute Gasteiger partial charge is 0.261 e. The highest BCUT2D eigenvalue weighted by molar-refractivity contribution is 7.16. The van der Waals surface area contributed by atoms with E-state index in [0.29, 0.717) is 6.61 Å². The van der Waals surface area contributed by atoms with E-state index in [4.69, 9.17) is 4.74 Å². The SMILES string of the molecule is CNC(=O)c1cc2c(s1)OCCN(C)C2. The molecule has 0 radical (unpaired) electrons. The van der Waals surface area contributed by atoms with Gasteiger partial charge >= 0.3 is 0 Å². The van der Waals surface area contributed by atoms with Crippen molar-refractivity contribution in [2.45, 2.75) is 6.54 Å². The highest BCUT2D eigenvalue weighted by Crippen LogP contribution is 2.32. The van der Waals surface area contributed by atoms with Gasteiger partial charge in [0, 0.05) is 25.7 Å². The molecule has 1 amide bonds. The summed E-state index contributed by atoms with van der Waals surface area (Å²) in [4.78, 5) is 14.3. The van der Waals surface area contributed by atoms with E-state index in [1.807, 2.05) is 6.07 Å². The van der Waals surface area contributed by atoms with Crippen molar-refractivity contribution in [3.8, 4) is 5.06 Å². The van der Waals surface area contributed by atoms with Crippen LogP contribution in [0.1, 0.15) is 15.2 Å². The Kier molecular flexibility index (Phi) is 2.93. The van der Waals surface area contributed by atoms with Gasteiger partial charge in [0.15, 0.2) is 5.06 Å². The number of nitrogens with one attached hydrogen (secondary N) is 1. The minimum Gasteiger partial charge on any atom is -0.482 e. The van der Waals surface area contributed by atoms with E-state index >= 15 is 0 Å². The molecule has 0 spiro atoms. The van der Waals surface area contributed by atoms with Crippen LogP contribution in [0.25, 0.3) is 0 Å². The first-order valence-corrected chi connectivity index (χ1v) is 5.68. The van der Waals surface area contributed by atoms with E-state index in [-0.39, 0.29) is 5.91 Å². The van der Waals surface area contributed by atoms with Gasteiger partial charge in [0.05, 0.1) is 4.88 Å². The van der Waals surface area contributed by atoms with Gasteiger partial charge in [0.25, 0.3) is 5.91 Å². The van der Waals surface area contributed by atoms with Crippen molar-refractivity contribution in [3.63, 3.8) is 0 Å². The van der Waals surface area contributed by atoms with Crippen molar-refractivity contribution in [1.82, 2.24) is 10.2 Å². The third kappa shape index (κ3) is 2.13. The zero-order valence-electron chi connectivity index (χ0n) is 8.87. The Labute approximate surface area is 92.8 Å². The van der Waals surface area contributed by atoms with Crippen LogP contribution >= 0.6 is 11.3 Å². The van der Waals surface area contributed by atoms with Crippen LogP contribution in [0.2, 0.25) is 0 Å². The number of amides is 1. The second-order valence-corrected chi connectivity index (χ2v) is 4.60. The molecule has 1 aliphatic heterocycles. The van der Waals surface area contributed by atoms with E-state index in [0.717, 1.165) is 28.6 Å². The van der Waals surface area contributed by atoms with Gasteiger partial charge in [-0.25, -0.2) is 0 Å². The molecule has 5 heteroatoms. The number of rotatable bonds is 1. The second-order valence-electron chi connectivity index (χ2n) is 3.59. The van der Waals surface area contributed by atoms with Gasteiger partial charge < -0.3 is 10.1 Å². The van der Waals surface area contributed by atoms with E-state index < -0.39 is 0 Å². The van der Waals surface area contributed by atoms with E-state index in [1.165, 1.54) is 11.3 Å². The Balaban J connectivity index is 2.27. The van der Waals surface area contributed by atoms with Gasteiger partial charge in [-0.05, 0) is 13.1 Å². The number of ether oxygens (including phenoxy) is 1. The zero-order valence-corrected chi connectivity index (χ0v) is 9.69. The molecule has 4 nitrogen and oxygen atoms in total. The Morgan fingerprint density at radius 1 is 1.67 bits per heavy atom. The van der Waals surface area contributed by atoms with Crippen molar-refractivity contribution >= 4 is 17.2 Å². The molecule has 15 heavy (non-hydrogen) atoms. The van der Waals surface area contributed by atoms with Gasteiger partial charge in [0.2, 0.25) is 0 Å². The fourth-order valence-corrected chi connectivity index (χ4v) is 2.54. The van der Waals surface area contributed by atoms with Gasteiger partial charge in [-0.15, -0.1) is 0 Å². The van der Waals surface area contributed by atoms with Crippen molar-refractivity contribution in [2.24, 2.45) is 0 Å². The monoisotopic (exact) mass is 226 g/mol. The third-order valence-corrected chi connectivity index (χ3v) is 3.46. The van der Waals surface area contributed by atoms with E-state index in [2.05, 4.69) is 17.3 Å². The standard InChI is InChI=1S/C10H14N2O2S/c1-11-9(13)8-5-7-6-12(2)3-4-14-10(7)15-8/h5H,3-4,6H2,1-2H3,(H,11,13). The molecule has 0 atom stereocenters. The molecule has 82 valence electrons. The number of fused-ring (bicyclic) bond motifs is 1. The number of carbonyl (C=O) groups excluding carboxylic acids is 1. The number of thiophene rings is 1. The summed E-state index contributed by atoms with van der Waals surface area (Å²) in [7, 11) is 3.69. The van der Waals surface area contributed by atoms with E-state index in [1.54, 1.807) is 7.05 Å². The predicted molar refractivity (Wildman–Crippen MR) is 59.5 cm³/mol. The Morgan fingerprint density at radius 2 is 2.47 bits per heavy atom. The first-order valence-electron chi connectivity index (χ1n) is 4.87. The van der Waals surface area contributed by atoms with Gasteiger partial charge in [0.1, 0.15) is 6.61 Å². The van der Waals surface area contributed by atoms with Crippen molar-refractivity contribution in [1.29, 1.82) is 0 Å². The fraction of sp³-hybridized carbons (Fsp3) is 0.500. The highest BCUT2D eigenvalue weighted by atomic mass is 32.1. The van der Waals surface area contributed by atoms with Crippen LogP contribution in [0.5, 0.6) is 5.06 Å². The summed E-state index contributed by atoms with van der Waals surface area (Å²) < 4.78 is 5.59. The van der Waals surface area contributed by atoms with Crippen molar-refractivity contribution in [3.05, 3.63) is 16.5 Å². The summed E-state index contributed by atoms with van der Waals surface area (Å²) in [6.07, 6.45) is 0. The quantitative estimate of drug-likeness (QED) is 0.774. The first kappa shape index (κ1) is 10.4. The molecule has 0 aromatic carbocycles. The lowest BCUT2D eigenvalue weighted by atomic mass is 10.3. The predicted octanol–water partition coefficient (Wildman–Crippen LogP) is 0.932. The normalized spacial score (nSPS) is 16.4. The largest absolute Gasteiger partial charge is 0.482 e. The second kappa shape index (κ2) is 4.20. The summed E-state index contributed by atoms with van der Waals surface area (Å²) in [6, 6.07) is 1.92. The van der Waals surface area contributed by atoms with E-state index in [9.17, 15) is 4.79 Å². The highest BCUT2D eigenvalue weighted by Gasteiger charge is 2.18. The third-order valence-electron chi connectivity index (χ3n) is 2.37. The molecular formula is C10H14N2O2S. The molecule has 0 saturated carbocycles. The maximum Gasteiger partial charge on any atom is 0.261 e. The van der Waals surface area contributed by atoms with Crippen LogP contribution in [-0.2, 0) is 6.54 Å². The lowest BCUT2D eigenvalue weighted by molar-refractivity contribution is 0.0967. The molecule has 1 aromatic rings. The number of hydrogen-bond acceptors (Lipinski definition) is 4. The van der Waals surface area contributed by atoms with Crippen LogP contribution in [0.4, 0.5) is 0 Å². The summed E-state index contributed by atoms with van der Waals surface area (Å²) in [5.74, 6) is -0.0423. The molecule has 0 aliphatic carbocycles. The van der Waals surface area contributed by atoms with Crippen LogP contribution in [0.3, 0.4) is 0 Å². The lowest BCUT2D eigenvalue weighted by Gasteiger charge is -2.10. The molecule has 0 unspecified atom stereocenters. The van der Waals surface area contributed by atoms with Crippen LogP contribution in [0, 0.1) is 0 Å². The molecule has 1 N–H and O–H groups in total. The number of likely N-dealkylation sites (N-methyl/N-ethyl adjacent to an activating group) is 1. The maximum atomic E-state index is 11.4. The number of hydrogen-bond donors (Lipinski definition) is 1. The van der Waals surface area contributed by atoms with Crippen molar-refractivity contribution < 1.29 is 9.53 Å². The Morgan fingerprint density at radius 3 is 3.20 bits per heavy atom. The van der Waals surface area contributed by atoms with Gasteiger partial charge in [-0.1, -0.05) is 11.3 Å². The Hall–Kier alpha value is -1.07. The maximum absolute atomic E-state index is 11.4. The van der Waals surface area contributed by atoms with Crippen molar-refractivity contribution in [2.75, 3.05) is 27.2 Å². The van der Waals surface area contributed by atoms with Gasteiger partial charge in [-0.3, -0.25) is 9.69 Å². The summed E-state index contributed by atoms with van der Waals surface area (Å²) in [5, 5.41) is 3.51. The molecule has 0 saturated heterocycles. The molecule has 1 aliphatic rings. The van der Waals surface area contributed by atoms with Crippen LogP contribution < -0.4 is 10.1 Å². The molecule has 0 bridgehead atoms.